The molecule has 0 aliphatic carbocycles. The van der Waals surface area contributed by atoms with E-state index in [0.29, 0.717) is 11.5 Å². The number of hydrogen-bond acceptors (Lipinski definition) is 5. The summed E-state index contributed by atoms with van der Waals surface area (Å²) in [6, 6.07) is 11.6. The molecule has 1 saturated heterocycles. The summed E-state index contributed by atoms with van der Waals surface area (Å²) in [5.74, 6) is 1.13. The maximum absolute atomic E-state index is 12.5. The van der Waals surface area contributed by atoms with Gasteiger partial charge in [0.15, 0.2) is 11.5 Å². The molecule has 0 aromatic heterocycles. The average molecular weight is 495 g/mol. The van der Waals surface area contributed by atoms with Crippen LogP contribution in [0.5, 0.6) is 11.5 Å². The summed E-state index contributed by atoms with van der Waals surface area (Å²) in [7, 11) is 3.16. The van der Waals surface area contributed by atoms with Gasteiger partial charge in [-0.25, -0.2) is 5.43 Å². The normalized spacial score (nSPS) is 15.3. The fourth-order valence-corrected chi connectivity index (χ4v) is 4.22. The van der Waals surface area contributed by atoms with Crippen molar-refractivity contribution in [1.29, 1.82) is 0 Å². The fraction of sp³-hybridized carbons (Fsp3) is 0.364. The van der Waals surface area contributed by atoms with Gasteiger partial charge in [-0.1, -0.05) is 23.7 Å². The van der Waals surface area contributed by atoms with Crippen LogP contribution in [0, 0.1) is 5.92 Å². The summed E-state index contributed by atoms with van der Waals surface area (Å²) < 4.78 is 11.4. The van der Waals surface area contributed by atoms with Crippen molar-refractivity contribution in [1.82, 2.24) is 10.3 Å². The van der Waals surface area contributed by atoms with Gasteiger partial charge < -0.3 is 9.47 Å². The molecular formula is C22H25BrClN3O3. The monoisotopic (exact) mass is 493 g/mol. The van der Waals surface area contributed by atoms with E-state index in [1.54, 1.807) is 26.5 Å². The Labute approximate surface area is 190 Å². The van der Waals surface area contributed by atoms with Crippen LogP contribution < -0.4 is 14.9 Å². The van der Waals surface area contributed by atoms with Gasteiger partial charge in [-0.2, -0.15) is 5.10 Å². The third-order valence-corrected chi connectivity index (χ3v) is 5.96. The fourth-order valence-electron chi connectivity index (χ4n) is 3.48. The predicted molar refractivity (Wildman–Crippen MR) is 122 cm³/mol. The molecule has 1 amide bonds. The van der Waals surface area contributed by atoms with E-state index in [4.69, 9.17) is 21.1 Å². The van der Waals surface area contributed by atoms with E-state index in [1.807, 2.05) is 30.3 Å². The Balaban J connectivity index is 1.49. The van der Waals surface area contributed by atoms with Crippen LogP contribution in [0.1, 0.15) is 24.0 Å². The van der Waals surface area contributed by atoms with Crippen LogP contribution in [-0.2, 0) is 11.3 Å². The lowest BCUT2D eigenvalue weighted by atomic mass is 9.96. The highest BCUT2D eigenvalue weighted by Gasteiger charge is 2.24. The third-order valence-electron chi connectivity index (χ3n) is 5.12. The van der Waals surface area contributed by atoms with Crippen molar-refractivity contribution in [3.8, 4) is 11.5 Å². The lowest BCUT2D eigenvalue weighted by Crippen LogP contribution is -2.39. The number of nitrogens with zero attached hydrogens (tertiary/aromatic N) is 2. The van der Waals surface area contributed by atoms with Crippen molar-refractivity contribution in [2.75, 3.05) is 27.3 Å². The average Bonchev–Trinajstić information content (AvgIpc) is 2.75. The molecule has 1 aliphatic heterocycles. The van der Waals surface area contributed by atoms with E-state index in [0.717, 1.165) is 47.5 Å². The molecule has 0 radical (unpaired) electrons. The first-order chi connectivity index (χ1) is 14.5. The topological polar surface area (TPSA) is 63.2 Å². The van der Waals surface area contributed by atoms with Crippen molar-refractivity contribution in [2.24, 2.45) is 11.0 Å². The van der Waals surface area contributed by atoms with Crippen molar-refractivity contribution >= 4 is 39.7 Å². The minimum absolute atomic E-state index is 0.0271. The number of piperidine rings is 1. The SMILES string of the molecule is COc1cc(C=NNC(=O)C2CCN(Cc3ccc(Cl)cc3)CC2)cc(Br)c1OC. The van der Waals surface area contributed by atoms with E-state index >= 15 is 0 Å². The molecule has 1 aliphatic rings. The molecule has 30 heavy (non-hydrogen) atoms. The third kappa shape index (κ3) is 5.97. The number of likely N-dealkylation sites (tertiary alicyclic amines) is 1. The van der Waals surface area contributed by atoms with Crippen LogP contribution in [0.2, 0.25) is 5.02 Å². The van der Waals surface area contributed by atoms with Crippen molar-refractivity contribution < 1.29 is 14.3 Å². The Hall–Kier alpha value is -2.09. The van der Waals surface area contributed by atoms with Crippen LogP contribution in [0.3, 0.4) is 0 Å². The number of nitrogens with one attached hydrogen (secondary N) is 1. The summed E-state index contributed by atoms with van der Waals surface area (Å²) in [6.07, 6.45) is 3.23. The van der Waals surface area contributed by atoms with E-state index in [9.17, 15) is 4.79 Å². The predicted octanol–water partition coefficient (Wildman–Crippen LogP) is 4.48. The van der Waals surface area contributed by atoms with Crippen molar-refractivity contribution in [3.05, 3.63) is 57.0 Å². The Bertz CT molecular complexity index is 897. The van der Waals surface area contributed by atoms with Crippen LogP contribution in [0.15, 0.2) is 46.0 Å². The van der Waals surface area contributed by atoms with Crippen LogP contribution in [-0.4, -0.2) is 44.3 Å². The second kappa shape index (κ2) is 10.8. The van der Waals surface area contributed by atoms with Gasteiger partial charge in [0.25, 0.3) is 0 Å². The highest BCUT2D eigenvalue weighted by molar-refractivity contribution is 9.10. The van der Waals surface area contributed by atoms with Gasteiger partial charge in [0.05, 0.1) is 24.9 Å². The second-order valence-corrected chi connectivity index (χ2v) is 8.44. The van der Waals surface area contributed by atoms with Gasteiger partial charge in [-0.3, -0.25) is 9.69 Å². The number of amides is 1. The summed E-state index contributed by atoms with van der Waals surface area (Å²) >= 11 is 9.39. The number of rotatable bonds is 7. The minimum atomic E-state index is -0.0445. The van der Waals surface area contributed by atoms with Crippen LogP contribution >= 0.6 is 27.5 Å². The van der Waals surface area contributed by atoms with E-state index in [-0.39, 0.29) is 11.8 Å². The zero-order valence-electron chi connectivity index (χ0n) is 17.0. The Morgan fingerprint density at radius 3 is 2.57 bits per heavy atom. The number of hydrazone groups is 1. The molecule has 0 saturated carbocycles. The molecule has 0 atom stereocenters. The largest absolute Gasteiger partial charge is 0.493 e. The number of halogens is 2. The molecule has 2 aromatic rings. The lowest BCUT2D eigenvalue weighted by molar-refractivity contribution is -0.126. The first-order valence-corrected chi connectivity index (χ1v) is 10.9. The zero-order valence-corrected chi connectivity index (χ0v) is 19.4. The summed E-state index contributed by atoms with van der Waals surface area (Å²) in [5, 5.41) is 4.86. The van der Waals surface area contributed by atoms with Crippen LogP contribution in [0.25, 0.3) is 0 Å². The van der Waals surface area contributed by atoms with Crippen molar-refractivity contribution in [3.63, 3.8) is 0 Å². The Morgan fingerprint density at radius 1 is 1.23 bits per heavy atom. The maximum Gasteiger partial charge on any atom is 0.243 e. The zero-order chi connectivity index (χ0) is 21.5. The lowest BCUT2D eigenvalue weighted by Gasteiger charge is -2.30. The Kier molecular flexibility index (Phi) is 8.13. The van der Waals surface area contributed by atoms with Gasteiger partial charge >= 0.3 is 0 Å². The molecular weight excluding hydrogens is 470 g/mol. The van der Waals surface area contributed by atoms with Gasteiger partial charge in [0, 0.05) is 17.5 Å². The quantitative estimate of drug-likeness (QED) is 0.455. The van der Waals surface area contributed by atoms with E-state index in [1.165, 1.54) is 5.56 Å². The maximum atomic E-state index is 12.5. The summed E-state index contributed by atoms with van der Waals surface area (Å²) in [5.41, 5.74) is 4.69. The van der Waals surface area contributed by atoms with Crippen LogP contribution in [0.4, 0.5) is 0 Å². The van der Waals surface area contributed by atoms with Gasteiger partial charge in [0.2, 0.25) is 5.91 Å². The molecule has 2 aromatic carbocycles. The molecule has 160 valence electrons. The van der Waals surface area contributed by atoms with Crippen molar-refractivity contribution in [2.45, 2.75) is 19.4 Å². The Morgan fingerprint density at radius 2 is 1.93 bits per heavy atom. The molecule has 1 fully saturated rings. The number of carbonyl (C=O) groups excluding carboxylic acids is 1. The molecule has 0 unspecified atom stereocenters. The first kappa shape index (κ1) is 22.6. The number of carbonyl (C=O) groups is 1. The number of ether oxygens (including phenoxy) is 2. The molecule has 6 nitrogen and oxygen atoms in total. The molecule has 8 heteroatoms. The van der Waals surface area contributed by atoms with Gasteiger partial charge in [-0.15, -0.1) is 0 Å². The summed E-state index contributed by atoms with van der Waals surface area (Å²) in [6.45, 7) is 2.64. The number of methoxy groups -OCH3 is 2. The van der Waals surface area contributed by atoms with Gasteiger partial charge in [-0.05, 0) is 77.3 Å². The van der Waals surface area contributed by atoms with Gasteiger partial charge in [0.1, 0.15) is 0 Å². The van der Waals surface area contributed by atoms with E-state index in [2.05, 4.69) is 31.4 Å². The smallest absolute Gasteiger partial charge is 0.243 e. The molecule has 1 heterocycles. The standard InChI is InChI=1S/C22H25BrClN3O3/c1-29-20-12-16(11-19(23)21(20)30-2)13-25-26-22(28)17-7-9-27(10-8-17)14-15-3-5-18(24)6-4-15/h3-6,11-13,17H,7-10,14H2,1-2H3,(H,26,28). The molecule has 0 spiro atoms. The molecule has 0 bridgehead atoms. The molecule has 1 N–H and O–H groups in total. The minimum Gasteiger partial charge on any atom is -0.493 e. The second-order valence-electron chi connectivity index (χ2n) is 7.15. The highest BCUT2D eigenvalue weighted by Crippen LogP contribution is 2.35. The molecule has 3 rings (SSSR count). The van der Waals surface area contributed by atoms with E-state index < -0.39 is 0 Å². The highest BCUT2D eigenvalue weighted by atomic mass is 79.9. The summed E-state index contributed by atoms with van der Waals surface area (Å²) in [4.78, 5) is 14.8. The number of benzene rings is 2. The first-order valence-electron chi connectivity index (χ1n) is 9.71. The number of hydrogen-bond donors (Lipinski definition) is 1.